The highest BCUT2D eigenvalue weighted by Crippen LogP contribution is 2.38. The van der Waals surface area contributed by atoms with Gasteiger partial charge in [-0.05, 0) is 32.3 Å². The Kier molecular flexibility index (Phi) is 4.76. The van der Waals surface area contributed by atoms with Crippen LogP contribution in [0.1, 0.15) is 59.5 Å². The first-order valence-corrected chi connectivity index (χ1v) is 9.54. The zero-order chi connectivity index (χ0) is 19.0. The van der Waals surface area contributed by atoms with Crippen LogP contribution in [0, 0.1) is 6.92 Å². The van der Waals surface area contributed by atoms with Gasteiger partial charge in [-0.2, -0.15) is 4.98 Å². The molecule has 0 N–H and O–H groups in total. The molecule has 2 aliphatic rings. The molecule has 1 atom stereocenters. The predicted molar refractivity (Wildman–Crippen MR) is 100 cm³/mol. The van der Waals surface area contributed by atoms with Crippen molar-refractivity contribution in [3.05, 3.63) is 35.4 Å². The Labute approximate surface area is 159 Å². The maximum absolute atomic E-state index is 13.1. The molecule has 1 amide bonds. The Balaban J connectivity index is 1.53. The Morgan fingerprint density at radius 3 is 2.67 bits per heavy atom. The van der Waals surface area contributed by atoms with Gasteiger partial charge in [0.05, 0.1) is 20.3 Å². The van der Waals surface area contributed by atoms with E-state index in [-0.39, 0.29) is 11.9 Å². The van der Waals surface area contributed by atoms with E-state index in [2.05, 4.69) is 21.5 Å². The lowest BCUT2D eigenvalue weighted by Crippen LogP contribution is -2.30. The Morgan fingerprint density at radius 2 is 2.00 bits per heavy atom. The van der Waals surface area contributed by atoms with Gasteiger partial charge in [-0.15, -0.1) is 0 Å². The Bertz CT molecular complexity index is 844. The summed E-state index contributed by atoms with van der Waals surface area (Å²) in [6.07, 6.45) is 6.64. The van der Waals surface area contributed by atoms with Crippen LogP contribution >= 0.6 is 0 Å². The van der Waals surface area contributed by atoms with Crippen molar-refractivity contribution in [2.45, 2.75) is 44.6 Å². The number of ether oxygens (including phenoxy) is 2. The normalized spacial score (nSPS) is 19.8. The minimum Gasteiger partial charge on any atom is -0.481 e. The highest BCUT2D eigenvalue weighted by Gasteiger charge is 2.34. The van der Waals surface area contributed by atoms with Crippen molar-refractivity contribution in [2.75, 3.05) is 27.3 Å². The molecule has 0 bridgehead atoms. The van der Waals surface area contributed by atoms with Gasteiger partial charge in [0, 0.05) is 37.0 Å². The molecule has 7 heteroatoms. The van der Waals surface area contributed by atoms with Crippen molar-refractivity contribution >= 4 is 5.91 Å². The highest BCUT2D eigenvalue weighted by atomic mass is 16.5. The van der Waals surface area contributed by atoms with Crippen LogP contribution in [0.3, 0.4) is 0 Å². The average molecular weight is 370 g/mol. The SMILES string of the molecule is COc1ccc(C(=O)N2CCC(n3c(C)cnc3C3CCC3)C2)c(OC)n1. The van der Waals surface area contributed by atoms with Crippen molar-refractivity contribution in [2.24, 2.45) is 0 Å². The third-order valence-electron chi connectivity index (χ3n) is 5.76. The quantitative estimate of drug-likeness (QED) is 0.809. The first-order chi connectivity index (χ1) is 13.1. The summed E-state index contributed by atoms with van der Waals surface area (Å²) >= 11 is 0. The zero-order valence-corrected chi connectivity index (χ0v) is 16.1. The van der Waals surface area contributed by atoms with E-state index in [4.69, 9.17) is 9.47 Å². The van der Waals surface area contributed by atoms with Gasteiger partial charge in [-0.25, -0.2) is 4.98 Å². The zero-order valence-electron chi connectivity index (χ0n) is 16.1. The monoisotopic (exact) mass is 370 g/mol. The molecule has 7 nitrogen and oxygen atoms in total. The van der Waals surface area contributed by atoms with Gasteiger partial charge in [-0.1, -0.05) is 6.42 Å². The Hall–Kier alpha value is -2.57. The van der Waals surface area contributed by atoms with Crippen LogP contribution in [0.4, 0.5) is 0 Å². The lowest BCUT2D eigenvalue weighted by Gasteiger charge is -2.28. The molecule has 1 aliphatic heterocycles. The predicted octanol–water partition coefficient (Wildman–Crippen LogP) is 2.96. The molecule has 0 aromatic carbocycles. The van der Waals surface area contributed by atoms with Crippen molar-refractivity contribution in [1.29, 1.82) is 0 Å². The smallest absolute Gasteiger partial charge is 0.259 e. The number of imidazole rings is 1. The summed E-state index contributed by atoms with van der Waals surface area (Å²) in [5.74, 6) is 2.46. The van der Waals surface area contributed by atoms with Gasteiger partial charge in [0.2, 0.25) is 11.8 Å². The molecule has 27 heavy (non-hydrogen) atoms. The second kappa shape index (κ2) is 7.21. The van der Waals surface area contributed by atoms with E-state index in [0.29, 0.717) is 29.8 Å². The van der Waals surface area contributed by atoms with Crippen LogP contribution in [-0.2, 0) is 0 Å². The van der Waals surface area contributed by atoms with E-state index >= 15 is 0 Å². The fourth-order valence-corrected chi connectivity index (χ4v) is 4.07. The molecule has 4 rings (SSSR count). The molecule has 2 aromatic heterocycles. The molecule has 3 heterocycles. The summed E-state index contributed by atoms with van der Waals surface area (Å²) in [5, 5.41) is 0. The van der Waals surface area contributed by atoms with E-state index in [1.165, 1.54) is 37.9 Å². The van der Waals surface area contributed by atoms with E-state index in [0.717, 1.165) is 13.0 Å². The minimum atomic E-state index is -0.0486. The van der Waals surface area contributed by atoms with E-state index in [1.807, 2.05) is 11.1 Å². The number of methoxy groups -OCH3 is 2. The standard InChI is InChI=1S/C20H26N4O3/c1-13-11-21-18(14-5-4-6-14)24(13)15-9-10-23(12-15)20(25)16-7-8-17(26-2)22-19(16)27-3/h7-8,11,14-15H,4-6,9-10,12H2,1-3H3. The molecule has 1 aliphatic carbocycles. The topological polar surface area (TPSA) is 69.5 Å². The number of carbonyl (C=O) groups is 1. The van der Waals surface area contributed by atoms with Gasteiger partial charge >= 0.3 is 0 Å². The summed E-state index contributed by atoms with van der Waals surface area (Å²) in [7, 11) is 3.06. The van der Waals surface area contributed by atoms with Crippen molar-refractivity contribution in [1.82, 2.24) is 19.4 Å². The molecule has 1 saturated carbocycles. The van der Waals surface area contributed by atoms with E-state index in [9.17, 15) is 4.79 Å². The van der Waals surface area contributed by atoms with Crippen LogP contribution in [-0.4, -0.2) is 52.7 Å². The number of nitrogens with zero attached hydrogens (tertiary/aromatic N) is 4. The fourth-order valence-electron chi connectivity index (χ4n) is 4.07. The Morgan fingerprint density at radius 1 is 1.19 bits per heavy atom. The maximum atomic E-state index is 13.1. The minimum absolute atomic E-state index is 0.0486. The van der Waals surface area contributed by atoms with Gasteiger partial charge in [0.1, 0.15) is 11.4 Å². The second-order valence-corrected chi connectivity index (χ2v) is 7.36. The molecule has 1 saturated heterocycles. The average Bonchev–Trinajstić information content (AvgIpc) is 3.26. The number of aryl methyl sites for hydroxylation is 1. The number of likely N-dealkylation sites (tertiary alicyclic amines) is 1. The number of hydrogen-bond donors (Lipinski definition) is 0. The third-order valence-corrected chi connectivity index (χ3v) is 5.76. The summed E-state index contributed by atoms with van der Waals surface area (Å²) in [6.45, 7) is 3.52. The third kappa shape index (κ3) is 3.15. The van der Waals surface area contributed by atoms with Crippen molar-refractivity contribution in [3.8, 4) is 11.8 Å². The molecule has 2 fully saturated rings. The highest BCUT2D eigenvalue weighted by molar-refractivity contribution is 5.96. The van der Waals surface area contributed by atoms with Gasteiger partial charge in [0.15, 0.2) is 0 Å². The van der Waals surface area contributed by atoms with Crippen LogP contribution in [0.25, 0.3) is 0 Å². The molecule has 1 unspecified atom stereocenters. The molecule has 0 radical (unpaired) electrons. The number of amides is 1. The first kappa shape index (κ1) is 17.8. The lowest BCUT2D eigenvalue weighted by molar-refractivity contribution is 0.0783. The van der Waals surface area contributed by atoms with Crippen LogP contribution < -0.4 is 9.47 Å². The summed E-state index contributed by atoms with van der Waals surface area (Å²) in [4.78, 5) is 23.8. The van der Waals surface area contributed by atoms with Gasteiger partial charge in [-0.3, -0.25) is 4.79 Å². The first-order valence-electron chi connectivity index (χ1n) is 9.54. The molecule has 0 spiro atoms. The van der Waals surface area contributed by atoms with Gasteiger partial charge < -0.3 is 18.9 Å². The number of aromatic nitrogens is 3. The summed E-state index contributed by atoms with van der Waals surface area (Å²) in [6, 6.07) is 3.70. The molecule has 144 valence electrons. The maximum Gasteiger partial charge on any atom is 0.259 e. The number of rotatable bonds is 5. The summed E-state index contributed by atoms with van der Waals surface area (Å²) < 4.78 is 12.8. The number of hydrogen-bond acceptors (Lipinski definition) is 5. The lowest BCUT2D eigenvalue weighted by atomic mass is 9.84. The van der Waals surface area contributed by atoms with Crippen LogP contribution in [0.15, 0.2) is 18.3 Å². The van der Waals surface area contributed by atoms with E-state index in [1.54, 1.807) is 19.2 Å². The molecular weight excluding hydrogens is 344 g/mol. The van der Waals surface area contributed by atoms with Gasteiger partial charge in [0.25, 0.3) is 5.91 Å². The molecule has 2 aromatic rings. The number of pyridine rings is 1. The molecular formula is C20H26N4O3. The van der Waals surface area contributed by atoms with Crippen molar-refractivity contribution < 1.29 is 14.3 Å². The fraction of sp³-hybridized carbons (Fsp3) is 0.550. The second-order valence-electron chi connectivity index (χ2n) is 7.36. The van der Waals surface area contributed by atoms with E-state index < -0.39 is 0 Å². The van der Waals surface area contributed by atoms with Crippen LogP contribution in [0.2, 0.25) is 0 Å². The van der Waals surface area contributed by atoms with Crippen molar-refractivity contribution in [3.63, 3.8) is 0 Å². The number of carbonyl (C=O) groups excluding carboxylic acids is 1. The summed E-state index contributed by atoms with van der Waals surface area (Å²) in [5.41, 5.74) is 1.65. The van der Waals surface area contributed by atoms with Crippen LogP contribution in [0.5, 0.6) is 11.8 Å². The largest absolute Gasteiger partial charge is 0.481 e.